The fourth-order valence-corrected chi connectivity index (χ4v) is 3.26. The van der Waals surface area contributed by atoms with E-state index in [1.807, 2.05) is 12.2 Å². The van der Waals surface area contributed by atoms with Gasteiger partial charge in [-0.15, -0.1) is 0 Å². The molecule has 1 nitrogen and oxygen atoms in total. The zero-order chi connectivity index (χ0) is 11.9. The summed E-state index contributed by atoms with van der Waals surface area (Å²) in [6.07, 6.45) is 7.46. The van der Waals surface area contributed by atoms with Gasteiger partial charge in [-0.3, -0.25) is 0 Å². The van der Waals surface area contributed by atoms with Crippen molar-refractivity contribution in [2.45, 2.75) is 18.8 Å². The number of nitrogens with one attached hydrogen (secondary N) is 1. The number of rotatable bonds is 3. The zero-order valence-corrected chi connectivity index (χ0v) is 10.4. The van der Waals surface area contributed by atoms with Gasteiger partial charge in [0.25, 0.3) is 0 Å². The van der Waals surface area contributed by atoms with Gasteiger partial charge in [0.05, 0.1) is 0 Å². The molecule has 1 aliphatic carbocycles. The highest BCUT2D eigenvalue weighted by Gasteiger charge is 2.58. The molecule has 17 heavy (non-hydrogen) atoms. The molecule has 1 saturated heterocycles. The molecule has 1 heterocycles. The van der Waals surface area contributed by atoms with Crippen LogP contribution in [0.5, 0.6) is 0 Å². The van der Waals surface area contributed by atoms with Gasteiger partial charge in [-0.1, -0.05) is 43.0 Å². The first-order chi connectivity index (χ1) is 8.28. The number of fused-ring (bicyclic) bond motifs is 1. The molecule has 1 saturated carbocycles. The molecule has 0 spiro atoms. The summed E-state index contributed by atoms with van der Waals surface area (Å²) in [6, 6.07) is 6.70. The maximum atomic E-state index is 3.76. The van der Waals surface area contributed by atoms with E-state index in [4.69, 9.17) is 0 Å². The van der Waals surface area contributed by atoms with E-state index in [-0.39, 0.29) is 0 Å². The second-order valence-electron chi connectivity index (χ2n) is 5.32. The molecule has 3 rings (SSSR count). The van der Waals surface area contributed by atoms with Gasteiger partial charge in [0.1, 0.15) is 0 Å². The van der Waals surface area contributed by atoms with Gasteiger partial charge in [-0.05, 0) is 42.5 Å². The molecule has 0 amide bonds. The summed E-state index contributed by atoms with van der Waals surface area (Å²) in [7, 11) is 0. The summed E-state index contributed by atoms with van der Waals surface area (Å²) >= 11 is 0. The number of piperidine rings is 1. The summed E-state index contributed by atoms with van der Waals surface area (Å²) < 4.78 is 0. The van der Waals surface area contributed by atoms with Crippen LogP contribution < -0.4 is 5.32 Å². The first-order valence-electron chi connectivity index (χ1n) is 6.38. The quantitative estimate of drug-likeness (QED) is 0.780. The summed E-state index contributed by atoms with van der Waals surface area (Å²) in [6.45, 7) is 8.30. The smallest absolute Gasteiger partial charge is 0.0128 e. The van der Waals surface area contributed by atoms with E-state index >= 15 is 0 Å². The summed E-state index contributed by atoms with van der Waals surface area (Å²) in [5.74, 6) is 0.861. The van der Waals surface area contributed by atoms with E-state index < -0.39 is 0 Å². The average molecular weight is 225 g/mol. The Balaban J connectivity index is 2.07. The minimum atomic E-state index is 0.437. The molecule has 2 atom stereocenters. The third-order valence-corrected chi connectivity index (χ3v) is 4.32. The Morgan fingerprint density at radius 1 is 1.47 bits per heavy atom. The van der Waals surface area contributed by atoms with Crippen LogP contribution in [-0.2, 0) is 5.41 Å². The van der Waals surface area contributed by atoms with Crippen molar-refractivity contribution < 1.29 is 0 Å². The van der Waals surface area contributed by atoms with Crippen LogP contribution in [0.3, 0.4) is 0 Å². The molecule has 88 valence electrons. The van der Waals surface area contributed by atoms with Crippen molar-refractivity contribution >= 4 is 6.08 Å². The van der Waals surface area contributed by atoms with E-state index in [0.717, 1.165) is 12.5 Å². The Morgan fingerprint density at radius 2 is 2.35 bits per heavy atom. The molecule has 1 heteroatoms. The molecule has 0 radical (unpaired) electrons. The van der Waals surface area contributed by atoms with Crippen molar-refractivity contribution in [3.63, 3.8) is 0 Å². The van der Waals surface area contributed by atoms with E-state index in [2.05, 4.69) is 43.1 Å². The third-order valence-electron chi connectivity index (χ3n) is 4.32. The Morgan fingerprint density at radius 3 is 3.00 bits per heavy atom. The molecule has 1 aromatic rings. The molecule has 2 aliphatic rings. The Hall–Kier alpha value is -1.34. The van der Waals surface area contributed by atoms with Gasteiger partial charge in [0, 0.05) is 12.0 Å². The first-order valence-corrected chi connectivity index (χ1v) is 6.38. The Labute approximate surface area is 103 Å². The maximum absolute atomic E-state index is 3.76. The largest absolute Gasteiger partial charge is 0.316 e. The van der Waals surface area contributed by atoms with Crippen LogP contribution in [-0.4, -0.2) is 13.1 Å². The standard InChI is InChI=1S/C16H19N/c1-3-4-7-14-12(2)6-5-8-15(14)16-9-13(16)10-17-11-16/h3-8,13,17H,1,9-11H2,2H3/b7-4-/t13-,16-/m1/s1. The molecule has 0 aromatic heterocycles. The van der Waals surface area contributed by atoms with E-state index in [0.29, 0.717) is 5.41 Å². The average Bonchev–Trinajstić information content (AvgIpc) is 2.90. The van der Waals surface area contributed by atoms with Gasteiger partial charge in [-0.25, -0.2) is 0 Å². The molecule has 0 unspecified atom stereocenters. The highest BCUT2D eigenvalue weighted by molar-refractivity contribution is 5.62. The van der Waals surface area contributed by atoms with Gasteiger partial charge in [0.2, 0.25) is 0 Å². The zero-order valence-electron chi connectivity index (χ0n) is 10.4. The van der Waals surface area contributed by atoms with Crippen molar-refractivity contribution in [2.24, 2.45) is 5.92 Å². The fourth-order valence-electron chi connectivity index (χ4n) is 3.26. The van der Waals surface area contributed by atoms with Crippen LogP contribution in [0.1, 0.15) is 23.1 Å². The van der Waals surface area contributed by atoms with Crippen LogP contribution in [0.15, 0.2) is 36.9 Å². The van der Waals surface area contributed by atoms with Gasteiger partial charge < -0.3 is 5.32 Å². The number of aryl methyl sites for hydroxylation is 1. The monoisotopic (exact) mass is 225 g/mol. The molecule has 1 aromatic carbocycles. The molecular formula is C16H19N. The van der Waals surface area contributed by atoms with Gasteiger partial charge in [-0.2, -0.15) is 0 Å². The molecule has 1 aliphatic heterocycles. The molecular weight excluding hydrogens is 206 g/mol. The Kier molecular flexibility index (Phi) is 2.44. The fraction of sp³-hybridized carbons (Fsp3) is 0.375. The van der Waals surface area contributed by atoms with E-state index in [1.54, 1.807) is 0 Å². The lowest BCUT2D eigenvalue weighted by atomic mass is 9.88. The van der Waals surface area contributed by atoms with E-state index in [1.165, 1.54) is 29.7 Å². The topological polar surface area (TPSA) is 12.0 Å². The lowest BCUT2D eigenvalue weighted by Gasteiger charge is -2.17. The van der Waals surface area contributed by atoms with Crippen LogP contribution >= 0.6 is 0 Å². The van der Waals surface area contributed by atoms with Crippen molar-refractivity contribution in [1.82, 2.24) is 5.32 Å². The normalized spacial score (nSPS) is 30.5. The highest BCUT2D eigenvalue weighted by atomic mass is 15.0. The van der Waals surface area contributed by atoms with Crippen molar-refractivity contribution in [1.29, 1.82) is 0 Å². The maximum Gasteiger partial charge on any atom is 0.0128 e. The van der Waals surface area contributed by atoms with Crippen molar-refractivity contribution in [2.75, 3.05) is 13.1 Å². The number of hydrogen-bond donors (Lipinski definition) is 1. The van der Waals surface area contributed by atoms with Gasteiger partial charge in [0.15, 0.2) is 0 Å². The van der Waals surface area contributed by atoms with Crippen LogP contribution in [0.25, 0.3) is 6.08 Å². The van der Waals surface area contributed by atoms with E-state index in [9.17, 15) is 0 Å². The summed E-state index contributed by atoms with van der Waals surface area (Å²) in [5, 5.41) is 3.52. The van der Waals surface area contributed by atoms with Crippen LogP contribution in [0.4, 0.5) is 0 Å². The SMILES string of the molecule is C=C/C=C\c1c(C)cccc1[C@]12CNC[C@H]1C2. The number of benzene rings is 1. The van der Waals surface area contributed by atoms with Crippen molar-refractivity contribution in [3.8, 4) is 0 Å². The van der Waals surface area contributed by atoms with Crippen LogP contribution in [0, 0.1) is 12.8 Å². The number of hydrogen-bond acceptors (Lipinski definition) is 1. The third kappa shape index (κ3) is 1.57. The molecule has 1 N–H and O–H groups in total. The second-order valence-corrected chi connectivity index (χ2v) is 5.32. The minimum Gasteiger partial charge on any atom is -0.316 e. The Bertz CT molecular complexity index is 486. The lowest BCUT2D eigenvalue weighted by Crippen LogP contribution is -2.20. The van der Waals surface area contributed by atoms with Gasteiger partial charge >= 0.3 is 0 Å². The molecule has 2 fully saturated rings. The van der Waals surface area contributed by atoms with Crippen LogP contribution in [0.2, 0.25) is 0 Å². The highest BCUT2D eigenvalue weighted by Crippen LogP contribution is 2.57. The summed E-state index contributed by atoms with van der Waals surface area (Å²) in [5.41, 5.74) is 4.74. The number of allylic oxidation sites excluding steroid dienone is 2. The predicted octanol–water partition coefficient (Wildman–Crippen LogP) is 3.06. The predicted molar refractivity (Wildman–Crippen MR) is 73.1 cm³/mol. The first kappa shape index (κ1) is 10.8. The van der Waals surface area contributed by atoms with Crippen molar-refractivity contribution in [3.05, 3.63) is 53.6 Å². The second kappa shape index (κ2) is 3.85. The lowest BCUT2D eigenvalue weighted by molar-refractivity contribution is 0.674. The summed E-state index contributed by atoms with van der Waals surface area (Å²) in [4.78, 5) is 0. The molecule has 0 bridgehead atoms. The minimum absolute atomic E-state index is 0.437.